The monoisotopic (exact) mass is 533 g/mol. The molecule has 14 heteroatoms. The molecule has 10 nitrogen and oxygen atoms in total. The minimum absolute atomic E-state index is 0.0852. The number of carbonyl (C=O) groups excluding carboxylic acids is 1. The number of urea groups is 1. The lowest BCUT2D eigenvalue weighted by Crippen LogP contribution is -2.28. The average molecular weight is 534 g/mol. The molecule has 0 aromatic carbocycles. The van der Waals surface area contributed by atoms with Gasteiger partial charge in [-0.25, -0.2) is 19.7 Å². The quantitative estimate of drug-likeness (QED) is 0.315. The second-order valence-corrected chi connectivity index (χ2v) is 8.87. The molecular weight excluding hydrogens is 511 g/mol. The Balaban J connectivity index is 1.88. The number of anilines is 1. The minimum Gasteiger partial charge on any atom is -0.475 e. The van der Waals surface area contributed by atoms with E-state index in [2.05, 4.69) is 35.8 Å². The van der Waals surface area contributed by atoms with E-state index in [1.165, 1.54) is 12.3 Å². The number of thiazole rings is 1. The number of nitrogens with zero attached hydrogens (tertiary/aromatic N) is 5. The molecular formula is C23H22F3N7O3S. The van der Waals surface area contributed by atoms with Gasteiger partial charge in [-0.3, -0.25) is 5.32 Å². The molecule has 0 spiro atoms. The van der Waals surface area contributed by atoms with E-state index in [4.69, 9.17) is 9.15 Å². The van der Waals surface area contributed by atoms with Crippen LogP contribution >= 0.6 is 11.3 Å². The van der Waals surface area contributed by atoms with E-state index in [9.17, 15) is 18.0 Å². The molecule has 0 aliphatic heterocycles. The Kier molecular flexibility index (Phi) is 7.38. The van der Waals surface area contributed by atoms with E-state index in [1.807, 2.05) is 13.8 Å². The second kappa shape index (κ2) is 10.5. The average Bonchev–Trinajstić information content (AvgIpc) is 3.48. The number of ether oxygens (including phenoxy) is 1. The van der Waals surface area contributed by atoms with Gasteiger partial charge in [-0.1, -0.05) is 0 Å². The van der Waals surface area contributed by atoms with Crippen LogP contribution in [-0.4, -0.2) is 43.8 Å². The molecule has 0 unspecified atom stereocenters. The molecule has 4 rings (SSSR count). The summed E-state index contributed by atoms with van der Waals surface area (Å²) in [7, 11) is 0. The van der Waals surface area contributed by atoms with Crippen LogP contribution in [0.4, 0.5) is 23.8 Å². The molecule has 4 heterocycles. The van der Waals surface area contributed by atoms with Gasteiger partial charge in [-0.15, -0.1) is 21.5 Å². The fourth-order valence-electron chi connectivity index (χ4n) is 3.25. The van der Waals surface area contributed by atoms with Gasteiger partial charge in [0.15, 0.2) is 5.69 Å². The topological polar surface area (TPSA) is 128 Å². The van der Waals surface area contributed by atoms with E-state index < -0.39 is 17.9 Å². The van der Waals surface area contributed by atoms with Gasteiger partial charge in [-0.2, -0.15) is 13.2 Å². The van der Waals surface area contributed by atoms with Gasteiger partial charge in [0.1, 0.15) is 16.5 Å². The van der Waals surface area contributed by atoms with Crippen molar-refractivity contribution >= 4 is 23.2 Å². The zero-order valence-electron chi connectivity index (χ0n) is 20.2. The number of rotatable bonds is 7. The molecule has 0 bridgehead atoms. The molecule has 0 fully saturated rings. The highest BCUT2D eigenvalue weighted by Crippen LogP contribution is 2.39. The Morgan fingerprint density at radius 1 is 1.16 bits per heavy atom. The van der Waals surface area contributed by atoms with Crippen LogP contribution in [-0.2, 0) is 6.18 Å². The zero-order chi connectivity index (χ0) is 26.7. The van der Waals surface area contributed by atoms with E-state index in [1.54, 1.807) is 26.0 Å². The third kappa shape index (κ3) is 6.20. The highest BCUT2D eigenvalue weighted by molar-refractivity contribution is 7.13. The van der Waals surface area contributed by atoms with Crippen LogP contribution in [0.5, 0.6) is 5.88 Å². The van der Waals surface area contributed by atoms with Crippen molar-refractivity contribution in [1.82, 2.24) is 30.5 Å². The van der Waals surface area contributed by atoms with Crippen LogP contribution in [0.15, 0.2) is 34.2 Å². The van der Waals surface area contributed by atoms with Crippen LogP contribution in [0.25, 0.3) is 33.3 Å². The van der Waals surface area contributed by atoms with Gasteiger partial charge in [-0.05, 0) is 38.5 Å². The molecule has 0 saturated heterocycles. The Bertz CT molecular complexity index is 1420. The standard InChI is InChI=1S/C23H22F3N7O3S/c1-5-27-22(34)31-18-8-14(21-30-17(10-37-21)23(24,25)26)15(9-28-18)13-6-16(20-33-32-12(4)36-20)29-19(7-13)35-11(2)3/h6-11H,5H2,1-4H3,(H2,27,28,31,34). The molecule has 0 saturated carbocycles. The van der Waals surface area contributed by atoms with Crippen LogP contribution in [0.3, 0.4) is 0 Å². The van der Waals surface area contributed by atoms with Crippen molar-refractivity contribution in [2.24, 2.45) is 0 Å². The third-order valence-electron chi connectivity index (χ3n) is 4.72. The summed E-state index contributed by atoms with van der Waals surface area (Å²) in [6, 6.07) is 4.22. The molecule has 0 aliphatic carbocycles. The normalized spacial score (nSPS) is 11.6. The number of aryl methyl sites for hydroxylation is 1. The summed E-state index contributed by atoms with van der Waals surface area (Å²) in [6.07, 6.45) is -3.39. The number of alkyl halides is 3. The Morgan fingerprint density at radius 3 is 2.57 bits per heavy atom. The number of amides is 2. The fourth-order valence-corrected chi connectivity index (χ4v) is 4.11. The molecule has 2 N–H and O–H groups in total. The Labute approximate surface area is 213 Å². The second-order valence-electron chi connectivity index (χ2n) is 8.01. The largest absolute Gasteiger partial charge is 0.475 e. The fraction of sp³-hybridized carbons (Fsp3) is 0.304. The molecule has 0 radical (unpaired) electrons. The Morgan fingerprint density at radius 2 is 1.95 bits per heavy atom. The highest BCUT2D eigenvalue weighted by atomic mass is 32.1. The molecule has 0 atom stereocenters. The van der Waals surface area contributed by atoms with Gasteiger partial charge in [0.2, 0.25) is 11.8 Å². The van der Waals surface area contributed by atoms with Gasteiger partial charge in [0.25, 0.3) is 5.89 Å². The number of pyridine rings is 2. The van der Waals surface area contributed by atoms with Gasteiger partial charge in [0, 0.05) is 42.2 Å². The summed E-state index contributed by atoms with van der Waals surface area (Å²) in [5, 5.41) is 14.0. The first-order valence-corrected chi connectivity index (χ1v) is 12.0. The maximum Gasteiger partial charge on any atom is 0.434 e. The van der Waals surface area contributed by atoms with Crippen molar-refractivity contribution in [2.45, 2.75) is 40.0 Å². The van der Waals surface area contributed by atoms with E-state index >= 15 is 0 Å². The van der Waals surface area contributed by atoms with E-state index in [-0.39, 0.29) is 28.7 Å². The summed E-state index contributed by atoms with van der Waals surface area (Å²) in [5.74, 6) is 0.850. The lowest BCUT2D eigenvalue weighted by atomic mass is 10.0. The number of nitrogens with one attached hydrogen (secondary N) is 2. The summed E-state index contributed by atoms with van der Waals surface area (Å²) >= 11 is 0.820. The van der Waals surface area contributed by atoms with Crippen LogP contribution in [0, 0.1) is 6.92 Å². The van der Waals surface area contributed by atoms with Crippen molar-refractivity contribution in [3.8, 4) is 39.2 Å². The van der Waals surface area contributed by atoms with Gasteiger partial charge >= 0.3 is 12.2 Å². The lowest BCUT2D eigenvalue weighted by molar-refractivity contribution is -0.140. The smallest absolute Gasteiger partial charge is 0.434 e. The van der Waals surface area contributed by atoms with Gasteiger partial charge in [0.05, 0.1) is 6.10 Å². The van der Waals surface area contributed by atoms with Gasteiger partial charge < -0.3 is 14.5 Å². The maximum atomic E-state index is 13.3. The van der Waals surface area contributed by atoms with Crippen molar-refractivity contribution < 1.29 is 27.1 Å². The number of hydrogen-bond donors (Lipinski definition) is 2. The lowest BCUT2D eigenvalue weighted by Gasteiger charge is -2.14. The first kappa shape index (κ1) is 26.0. The third-order valence-corrected chi connectivity index (χ3v) is 5.60. The summed E-state index contributed by atoms with van der Waals surface area (Å²) in [6.45, 7) is 7.42. The molecule has 4 aromatic rings. The number of carbonyl (C=O) groups is 1. The predicted octanol–water partition coefficient (Wildman–Crippen LogP) is 5.57. The molecule has 37 heavy (non-hydrogen) atoms. The van der Waals surface area contributed by atoms with Crippen molar-refractivity contribution in [2.75, 3.05) is 11.9 Å². The van der Waals surface area contributed by atoms with Crippen LogP contribution in [0.1, 0.15) is 32.4 Å². The van der Waals surface area contributed by atoms with Crippen molar-refractivity contribution in [3.05, 3.63) is 41.4 Å². The summed E-state index contributed by atoms with van der Waals surface area (Å²) in [5.41, 5.74) is 0.537. The predicted molar refractivity (Wildman–Crippen MR) is 130 cm³/mol. The van der Waals surface area contributed by atoms with Crippen LogP contribution < -0.4 is 15.4 Å². The van der Waals surface area contributed by atoms with Crippen molar-refractivity contribution in [1.29, 1.82) is 0 Å². The SMILES string of the molecule is CCNC(=O)Nc1cc(-c2nc(C(F)(F)F)cs2)c(-c2cc(OC(C)C)nc(-c3nnc(C)o3)c2)cn1. The highest BCUT2D eigenvalue weighted by Gasteiger charge is 2.34. The minimum atomic E-state index is -4.61. The maximum absolute atomic E-state index is 13.3. The Hall–Kier alpha value is -4.07. The first-order valence-electron chi connectivity index (χ1n) is 11.1. The zero-order valence-corrected chi connectivity index (χ0v) is 21.0. The molecule has 0 aliphatic rings. The van der Waals surface area contributed by atoms with Crippen LogP contribution in [0.2, 0.25) is 0 Å². The van der Waals surface area contributed by atoms with E-state index in [0.717, 1.165) is 16.7 Å². The number of halogens is 3. The first-order chi connectivity index (χ1) is 17.5. The molecule has 4 aromatic heterocycles. The number of aromatic nitrogens is 5. The summed E-state index contributed by atoms with van der Waals surface area (Å²) in [4.78, 5) is 24.5. The number of hydrogen-bond acceptors (Lipinski definition) is 9. The summed E-state index contributed by atoms with van der Waals surface area (Å²) < 4.78 is 51.2. The van der Waals surface area contributed by atoms with E-state index in [0.29, 0.717) is 34.8 Å². The molecule has 194 valence electrons. The molecule has 2 amide bonds. The van der Waals surface area contributed by atoms with Crippen molar-refractivity contribution in [3.63, 3.8) is 0 Å².